The van der Waals surface area contributed by atoms with Crippen LogP contribution >= 0.6 is 11.8 Å². The highest BCUT2D eigenvalue weighted by Gasteiger charge is 2.44. The SMILES string of the molecule is COC(=O)CC1(CSc2ccc(CNC3CC3)cc2)CC1. The number of ether oxygens (including phenoxy) is 1. The van der Waals surface area contributed by atoms with Crippen molar-refractivity contribution in [3.05, 3.63) is 29.8 Å². The Morgan fingerprint density at radius 2 is 2.05 bits per heavy atom. The maximum Gasteiger partial charge on any atom is 0.306 e. The van der Waals surface area contributed by atoms with E-state index in [1.807, 2.05) is 11.8 Å². The topological polar surface area (TPSA) is 38.3 Å². The Labute approximate surface area is 130 Å². The molecule has 3 rings (SSSR count). The van der Waals surface area contributed by atoms with E-state index in [4.69, 9.17) is 4.74 Å². The summed E-state index contributed by atoms with van der Waals surface area (Å²) in [4.78, 5) is 12.7. The number of methoxy groups -OCH3 is 1. The van der Waals surface area contributed by atoms with Gasteiger partial charge in [0.25, 0.3) is 0 Å². The fraction of sp³-hybridized carbons (Fsp3) is 0.588. The monoisotopic (exact) mass is 305 g/mol. The van der Waals surface area contributed by atoms with Crippen molar-refractivity contribution in [3.63, 3.8) is 0 Å². The van der Waals surface area contributed by atoms with E-state index in [0.29, 0.717) is 6.42 Å². The van der Waals surface area contributed by atoms with Gasteiger partial charge in [0.05, 0.1) is 13.5 Å². The number of thioether (sulfide) groups is 1. The maximum atomic E-state index is 11.4. The van der Waals surface area contributed by atoms with Crippen molar-refractivity contribution in [2.24, 2.45) is 5.41 Å². The molecule has 1 aromatic carbocycles. The van der Waals surface area contributed by atoms with E-state index in [1.54, 1.807) is 0 Å². The summed E-state index contributed by atoms with van der Waals surface area (Å²) in [6.07, 6.45) is 5.53. The molecule has 2 aliphatic carbocycles. The average molecular weight is 305 g/mol. The van der Waals surface area contributed by atoms with Gasteiger partial charge in [0.15, 0.2) is 0 Å². The molecule has 0 radical (unpaired) electrons. The van der Waals surface area contributed by atoms with Gasteiger partial charge in [-0.3, -0.25) is 4.79 Å². The van der Waals surface area contributed by atoms with E-state index >= 15 is 0 Å². The van der Waals surface area contributed by atoms with Crippen LogP contribution in [0.15, 0.2) is 29.2 Å². The Balaban J connectivity index is 1.45. The van der Waals surface area contributed by atoms with Crippen molar-refractivity contribution in [2.45, 2.75) is 49.6 Å². The van der Waals surface area contributed by atoms with E-state index < -0.39 is 0 Å². The molecule has 0 unspecified atom stereocenters. The summed E-state index contributed by atoms with van der Waals surface area (Å²) in [5.41, 5.74) is 1.55. The molecule has 0 heterocycles. The molecule has 0 saturated heterocycles. The molecule has 0 amide bonds. The van der Waals surface area contributed by atoms with Crippen molar-refractivity contribution in [3.8, 4) is 0 Å². The van der Waals surface area contributed by atoms with Crippen molar-refractivity contribution in [2.75, 3.05) is 12.9 Å². The summed E-state index contributed by atoms with van der Waals surface area (Å²) < 4.78 is 4.79. The first-order valence-corrected chi connectivity index (χ1v) is 8.70. The van der Waals surface area contributed by atoms with Gasteiger partial charge in [-0.1, -0.05) is 12.1 Å². The minimum absolute atomic E-state index is 0.0744. The third kappa shape index (κ3) is 4.48. The highest BCUT2D eigenvalue weighted by Crippen LogP contribution is 2.52. The molecule has 2 saturated carbocycles. The van der Waals surface area contributed by atoms with Crippen LogP contribution in [0.3, 0.4) is 0 Å². The fourth-order valence-electron chi connectivity index (χ4n) is 2.42. The zero-order chi connectivity index (χ0) is 14.7. The molecule has 3 nitrogen and oxygen atoms in total. The molecule has 0 bridgehead atoms. The molecule has 2 fully saturated rings. The lowest BCUT2D eigenvalue weighted by Crippen LogP contribution is -2.15. The molecule has 4 heteroatoms. The zero-order valence-corrected chi connectivity index (χ0v) is 13.4. The average Bonchev–Trinajstić information content (AvgIpc) is 3.41. The standard InChI is InChI=1S/C17H23NO2S/c1-20-16(19)10-17(8-9-17)12-21-15-6-2-13(3-7-15)11-18-14-4-5-14/h2-3,6-7,14,18H,4-5,8-12H2,1H3. The quantitative estimate of drug-likeness (QED) is 0.590. The van der Waals surface area contributed by atoms with Gasteiger partial charge in [-0.05, 0) is 48.8 Å². The lowest BCUT2D eigenvalue weighted by atomic mass is 10.1. The molecule has 1 N–H and O–H groups in total. The molecule has 0 spiro atoms. The van der Waals surface area contributed by atoms with E-state index in [1.165, 1.54) is 30.4 Å². The van der Waals surface area contributed by atoms with Gasteiger partial charge in [-0.2, -0.15) is 0 Å². The van der Waals surface area contributed by atoms with E-state index in [-0.39, 0.29) is 11.4 Å². The molecule has 1 aromatic rings. The maximum absolute atomic E-state index is 11.4. The van der Waals surface area contributed by atoms with Crippen molar-refractivity contribution in [1.29, 1.82) is 0 Å². The Hall–Kier alpha value is -1.00. The van der Waals surface area contributed by atoms with Crippen LogP contribution in [-0.2, 0) is 16.1 Å². The van der Waals surface area contributed by atoms with E-state index in [2.05, 4.69) is 29.6 Å². The summed E-state index contributed by atoms with van der Waals surface area (Å²) in [6.45, 7) is 0.974. The van der Waals surface area contributed by atoms with Crippen LogP contribution in [0.5, 0.6) is 0 Å². The Morgan fingerprint density at radius 1 is 1.33 bits per heavy atom. The van der Waals surface area contributed by atoms with Gasteiger partial charge in [0, 0.05) is 23.2 Å². The number of esters is 1. The minimum atomic E-state index is -0.0744. The largest absolute Gasteiger partial charge is 0.469 e. The zero-order valence-electron chi connectivity index (χ0n) is 12.6. The number of carbonyl (C=O) groups is 1. The number of nitrogens with one attached hydrogen (secondary N) is 1. The van der Waals surface area contributed by atoms with E-state index in [0.717, 1.165) is 31.2 Å². The van der Waals surface area contributed by atoms with Crippen molar-refractivity contribution < 1.29 is 9.53 Å². The van der Waals surface area contributed by atoms with Gasteiger partial charge in [0.2, 0.25) is 0 Å². The highest BCUT2D eigenvalue weighted by atomic mass is 32.2. The van der Waals surface area contributed by atoms with Gasteiger partial charge >= 0.3 is 5.97 Å². The van der Waals surface area contributed by atoms with Crippen LogP contribution in [0.2, 0.25) is 0 Å². The third-order valence-electron chi connectivity index (χ3n) is 4.34. The Bertz CT molecular complexity index is 492. The second-order valence-corrected chi connectivity index (χ2v) is 7.39. The minimum Gasteiger partial charge on any atom is -0.469 e. The van der Waals surface area contributed by atoms with E-state index in [9.17, 15) is 4.79 Å². The van der Waals surface area contributed by atoms with Crippen molar-refractivity contribution in [1.82, 2.24) is 5.32 Å². The predicted octanol–water partition coefficient (Wildman–Crippen LogP) is 3.37. The summed E-state index contributed by atoms with van der Waals surface area (Å²) in [6, 6.07) is 9.56. The van der Waals surface area contributed by atoms with Gasteiger partial charge < -0.3 is 10.1 Å². The molecule has 21 heavy (non-hydrogen) atoms. The summed E-state index contributed by atoms with van der Waals surface area (Å²) in [5, 5.41) is 3.53. The number of rotatable bonds is 8. The summed E-state index contributed by atoms with van der Waals surface area (Å²) in [5.74, 6) is 0.941. The van der Waals surface area contributed by atoms with Crippen LogP contribution in [-0.4, -0.2) is 24.9 Å². The van der Waals surface area contributed by atoms with Gasteiger partial charge in [-0.15, -0.1) is 11.8 Å². The molecular weight excluding hydrogens is 282 g/mol. The molecule has 0 aliphatic heterocycles. The predicted molar refractivity (Wildman–Crippen MR) is 85.3 cm³/mol. The summed E-state index contributed by atoms with van der Waals surface area (Å²) in [7, 11) is 1.47. The van der Waals surface area contributed by atoms with Crippen molar-refractivity contribution >= 4 is 17.7 Å². The number of benzene rings is 1. The molecule has 0 aromatic heterocycles. The summed E-state index contributed by atoms with van der Waals surface area (Å²) >= 11 is 1.86. The lowest BCUT2D eigenvalue weighted by Gasteiger charge is -2.13. The van der Waals surface area contributed by atoms with Crippen LogP contribution in [0.1, 0.15) is 37.7 Å². The second-order valence-electron chi connectivity index (χ2n) is 6.34. The van der Waals surface area contributed by atoms with Gasteiger partial charge in [-0.25, -0.2) is 0 Å². The lowest BCUT2D eigenvalue weighted by molar-refractivity contribution is -0.141. The Morgan fingerprint density at radius 3 is 2.62 bits per heavy atom. The van der Waals surface area contributed by atoms with Gasteiger partial charge in [0.1, 0.15) is 0 Å². The molecular formula is C17H23NO2S. The first kappa shape index (κ1) is 14.9. The first-order chi connectivity index (χ1) is 10.2. The smallest absolute Gasteiger partial charge is 0.306 e. The normalized spacial score (nSPS) is 19.3. The highest BCUT2D eigenvalue weighted by molar-refractivity contribution is 7.99. The third-order valence-corrected chi connectivity index (χ3v) is 5.71. The molecule has 114 valence electrons. The van der Waals surface area contributed by atoms with Crippen LogP contribution in [0.4, 0.5) is 0 Å². The van der Waals surface area contributed by atoms with Crippen LogP contribution in [0.25, 0.3) is 0 Å². The first-order valence-electron chi connectivity index (χ1n) is 7.71. The number of hydrogen-bond donors (Lipinski definition) is 1. The number of carbonyl (C=O) groups excluding carboxylic acids is 1. The fourth-order valence-corrected chi connectivity index (χ4v) is 3.61. The van der Waals surface area contributed by atoms with Crippen LogP contribution in [0, 0.1) is 5.41 Å². The molecule has 0 atom stereocenters. The molecule has 2 aliphatic rings. The van der Waals surface area contributed by atoms with Crippen LogP contribution < -0.4 is 5.32 Å². The second kappa shape index (κ2) is 6.41. The Kier molecular flexibility index (Phi) is 4.55. The number of hydrogen-bond acceptors (Lipinski definition) is 4.